The molecule has 3 N–H and O–H groups in total. The lowest BCUT2D eigenvalue weighted by Gasteiger charge is -2.19. The van der Waals surface area contributed by atoms with Crippen molar-refractivity contribution in [1.29, 1.82) is 0 Å². The van der Waals surface area contributed by atoms with Crippen LogP contribution >= 0.6 is 11.3 Å². The molecule has 0 atom stereocenters. The van der Waals surface area contributed by atoms with Gasteiger partial charge in [0.05, 0.1) is 12.2 Å². The number of alkyl carbamates (subject to hydrolysis) is 1. The first-order valence-electron chi connectivity index (χ1n) is 5.01. The molecule has 16 heavy (non-hydrogen) atoms. The summed E-state index contributed by atoms with van der Waals surface area (Å²) in [5, 5.41) is 5.35. The zero-order valence-electron chi connectivity index (χ0n) is 9.74. The highest BCUT2D eigenvalue weighted by molar-refractivity contribution is 7.09. The zero-order valence-corrected chi connectivity index (χ0v) is 10.6. The first-order chi connectivity index (χ1) is 7.40. The molecule has 1 amide bonds. The van der Waals surface area contributed by atoms with E-state index in [0.29, 0.717) is 13.1 Å². The van der Waals surface area contributed by atoms with E-state index in [1.165, 1.54) is 11.3 Å². The molecule has 1 aromatic rings. The van der Waals surface area contributed by atoms with Crippen molar-refractivity contribution in [3.05, 3.63) is 16.1 Å². The lowest BCUT2D eigenvalue weighted by atomic mass is 10.2. The monoisotopic (exact) mass is 243 g/mol. The number of nitrogens with two attached hydrogens (primary N) is 1. The second-order valence-corrected chi connectivity index (χ2v) is 5.23. The van der Waals surface area contributed by atoms with E-state index >= 15 is 0 Å². The number of carbonyl (C=O) groups is 1. The van der Waals surface area contributed by atoms with Gasteiger partial charge in [-0.1, -0.05) is 0 Å². The number of hydrogen-bond donors (Lipinski definition) is 2. The number of nitrogens with zero attached hydrogens (tertiary/aromatic N) is 1. The molecule has 0 spiro atoms. The predicted octanol–water partition coefficient (Wildman–Crippen LogP) is 1.63. The van der Waals surface area contributed by atoms with E-state index in [1.807, 2.05) is 26.2 Å². The maximum absolute atomic E-state index is 11.3. The number of carbonyl (C=O) groups excluding carboxylic acids is 1. The summed E-state index contributed by atoms with van der Waals surface area (Å²) in [6.07, 6.45) is -0.433. The Labute approximate surface area is 99.0 Å². The normalized spacial score (nSPS) is 11.2. The number of ether oxygens (including phenoxy) is 1. The Hall–Kier alpha value is -1.14. The molecule has 0 aromatic carbocycles. The van der Waals surface area contributed by atoms with Gasteiger partial charge in [0.2, 0.25) is 0 Å². The van der Waals surface area contributed by atoms with Gasteiger partial charge in [-0.25, -0.2) is 9.78 Å². The largest absolute Gasteiger partial charge is 0.444 e. The van der Waals surface area contributed by atoms with Crippen LogP contribution in [0.1, 0.15) is 31.5 Å². The highest BCUT2D eigenvalue weighted by atomic mass is 32.1. The van der Waals surface area contributed by atoms with E-state index in [4.69, 9.17) is 10.5 Å². The number of hydrogen-bond acceptors (Lipinski definition) is 5. The van der Waals surface area contributed by atoms with Gasteiger partial charge >= 0.3 is 6.09 Å². The van der Waals surface area contributed by atoms with Gasteiger partial charge in [0.1, 0.15) is 10.6 Å². The molecule has 0 aliphatic rings. The summed E-state index contributed by atoms with van der Waals surface area (Å²) < 4.78 is 5.09. The van der Waals surface area contributed by atoms with Crippen LogP contribution in [0.25, 0.3) is 0 Å². The fraction of sp³-hybridized carbons (Fsp3) is 0.600. The van der Waals surface area contributed by atoms with Crippen LogP contribution in [0.15, 0.2) is 5.38 Å². The fourth-order valence-electron chi connectivity index (χ4n) is 0.986. The topological polar surface area (TPSA) is 77.2 Å². The fourth-order valence-corrected chi connectivity index (χ4v) is 1.73. The Morgan fingerprint density at radius 2 is 2.31 bits per heavy atom. The third-order valence-electron chi connectivity index (χ3n) is 1.59. The molecule has 0 unspecified atom stereocenters. The van der Waals surface area contributed by atoms with Crippen molar-refractivity contribution in [2.24, 2.45) is 5.73 Å². The third-order valence-corrected chi connectivity index (χ3v) is 2.49. The summed E-state index contributed by atoms with van der Waals surface area (Å²) in [7, 11) is 0. The minimum atomic E-state index is -0.477. The SMILES string of the molecule is CC(C)(C)OC(=O)NCc1nc(CN)cs1. The van der Waals surface area contributed by atoms with Crippen molar-refractivity contribution in [3.63, 3.8) is 0 Å². The van der Waals surface area contributed by atoms with Crippen molar-refractivity contribution in [1.82, 2.24) is 10.3 Å². The van der Waals surface area contributed by atoms with Gasteiger partial charge < -0.3 is 15.8 Å². The Balaban J connectivity index is 2.37. The Kier molecular flexibility index (Phi) is 4.26. The van der Waals surface area contributed by atoms with Crippen LogP contribution in [0.3, 0.4) is 0 Å². The third kappa shape index (κ3) is 4.59. The van der Waals surface area contributed by atoms with Gasteiger partial charge in [0.15, 0.2) is 0 Å². The van der Waals surface area contributed by atoms with Crippen LogP contribution in [0.4, 0.5) is 4.79 Å². The molecule has 1 rings (SSSR count). The van der Waals surface area contributed by atoms with Crippen LogP contribution in [0.5, 0.6) is 0 Å². The van der Waals surface area contributed by atoms with Crippen LogP contribution < -0.4 is 11.1 Å². The second kappa shape index (κ2) is 5.27. The van der Waals surface area contributed by atoms with E-state index in [0.717, 1.165) is 10.7 Å². The molecule has 0 saturated carbocycles. The van der Waals surface area contributed by atoms with Gasteiger partial charge in [-0.05, 0) is 20.8 Å². The zero-order chi connectivity index (χ0) is 12.2. The molecule has 90 valence electrons. The lowest BCUT2D eigenvalue weighted by Crippen LogP contribution is -2.32. The average molecular weight is 243 g/mol. The van der Waals surface area contributed by atoms with E-state index in [1.54, 1.807) is 0 Å². The molecule has 0 aliphatic heterocycles. The Morgan fingerprint density at radius 1 is 1.62 bits per heavy atom. The van der Waals surface area contributed by atoms with Crippen LogP contribution in [0, 0.1) is 0 Å². The highest BCUT2D eigenvalue weighted by Crippen LogP contribution is 2.10. The highest BCUT2D eigenvalue weighted by Gasteiger charge is 2.15. The lowest BCUT2D eigenvalue weighted by molar-refractivity contribution is 0.0523. The van der Waals surface area contributed by atoms with Gasteiger partial charge in [-0.3, -0.25) is 0 Å². The molecule has 1 aromatic heterocycles. The van der Waals surface area contributed by atoms with Crippen LogP contribution in [-0.2, 0) is 17.8 Å². The van der Waals surface area contributed by atoms with E-state index < -0.39 is 11.7 Å². The average Bonchev–Trinajstić information content (AvgIpc) is 2.59. The van der Waals surface area contributed by atoms with Crippen molar-refractivity contribution in [2.45, 2.75) is 39.5 Å². The maximum Gasteiger partial charge on any atom is 0.408 e. The van der Waals surface area contributed by atoms with Crippen molar-refractivity contribution in [2.75, 3.05) is 0 Å². The van der Waals surface area contributed by atoms with E-state index in [-0.39, 0.29) is 0 Å². The van der Waals surface area contributed by atoms with E-state index in [9.17, 15) is 4.79 Å². The molecule has 0 saturated heterocycles. The van der Waals surface area contributed by atoms with Gasteiger partial charge in [-0.15, -0.1) is 11.3 Å². The first-order valence-corrected chi connectivity index (χ1v) is 5.89. The summed E-state index contributed by atoms with van der Waals surface area (Å²) in [5.41, 5.74) is 5.80. The van der Waals surface area contributed by atoms with Crippen LogP contribution in [0.2, 0.25) is 0 Å². The number of thiazole rings is 1. The Bertz CT molecular complexity index is 357. The summed E-state index contributed by atoms with van der Waals surface area (Å²) in [6, 6.07) is 0. The molecule has 0 radical (unpaired) electrons. The number of aromatic nitrogens is 1. The molecular formula is C10H17N3O2S. The van der Waals surface area contributed by atoms with Gasteiger partial charge in [0, 0.05) is 11.9 Å². The number of rotatable bonds is 3. The molecular weight excluding hydrogens is 226 g/mol. The van der Waals surface area contributed by atoms with Crippen LogP contribution in [-0.4, -0.2) is 16.7 Å². The first kappa shape index (κ1) is 12.9. The van der Waals surface area contributed by atoms with Crippen molar-refractivity contribution in [3.8, 4) is 0 Å². The number of nitrogens with one attached hydrogen (secondary N) is 1. The maximum atomic E-state index is 11.3. The molecule has 0 fully saturated rings. The summed E-state index contributed by atoms with van der Waals surface area (Å²) in [4.78, 5) is 15.5. The molecule has 1 heterocycles. The van der Waals surface area contributed by atoms with Crippen molar-refractivity contribution < 1.29 is 9.53 Å². The summed E-state index contributed by atoms with van der Waals surface area (Å²) in [6.45, 7) is 6.26. The summed E-state index contributed by atoms with van der Waals surface area (Å²) >= 11 is 1.47. The van der Waals surface area contributed by atoms with Gasteiger partial charge in [-0.2, -0.15) is 0 Å². The molecule has 0 bridgehead atoms. The molecule has 6 heteroatoms. The molecule has 5 nitrogen and oxygen atoms in total. The smallest absolute Gasteiger partial charge is 0.408 e. The van der Waals surface area contributed by atoms with Gasteiger partial charge in [0.25, 0.3) is 0 Å². The Morgan fingerprint density at radius 3 is 2.81 bits per heavy atom. The minimum Gasteiger partial charge on any atom is -0.444 e. The summed E-state index contributed by atoms with van der Waals surface area (Å²) in [5.74, 6) is 0. The predicted molar refractivity (Wildman–Crippen MR) is 63.1 cm³/mol. The molecule has 0 aliphatic carbocycles. The minimum absolute atomic E-state index is 0.375. The quantitative estimate of drug-likeness (QED) is 0.845. The van der Waals surface area contributed by atoms with Crippen molar-refractivity contribution >= 4 is 17.4 Å². The standard InChI is InChI=1S/C10H17N3O2S/c1-10(2,3)15-9(14)12-5-8-13-7(4-11)6-16-8/h6H,4-5,11H2,1-3H3,(H,12,14). The van der Waals surface area contributed by atoms with E-state index in [2.05, 4.69) is 10.3 Å². The number of amides is 1. The second-order valence-electron chi connectivity index (χ2n) is 4.29.